The second kappa shape index (κ2) is 11.3. The fourth-order valence-electron chi connectivity index (χ4n) is 5.26. The molecule has 0 aromatic heterocycles. The molecule has 0 aliphatic heterocycles. The van der Waals surface area contributed by atoms with Gasteiger partial charge in [-0.3, -0.25) is 0 Å². The molecule has 0 radical (unpaired) electrons. The van der Waals surface area contributed by atoms with Gasteiger partial charge in [-0.25, -0.2) is 0 Å². The van der Waals surface area contributed by atoms with E-state index in [-0.39, 0.29) is 0 Å². The summed E-state index contributed by atoms with van der Waals surface area (Å²) >= 11 is 0. The smallest absolute Gasteiger partial charge is 0.0645 e. The zero-order valence-electron chi connectivity index (χ0n) is 16.4. The Morgan fingerprint density at radius 3 is 2.25 bits per heavy atom. The third-order valence-corrected chi connectivity index (χ3v) is 6.86. The minimum atomic E-state index is 0.486. The van der Waals surface area contributed by atoms with Gasteiger partial charge >= 0.3 is 0 Å². The predicted octanol–water partition coefficient (Wildman–Crippen LogP) is 7.31. The molecule has 1 nitrogen and oxygen atoms in total. The van der Waals surface area contributed by atoms with Crippen molar-refractivity contribution < 1.29 is 4.74 Å². The van der Waals surface area contributed by atoms with Gasteiger partial charge in [0.1, 0.15) is 0 Å². The SMILES string of the molecule is C=CCOC[C@]1(CCCCCCC)CC[C@H](C2CCCCC2)CC1. The Balaban J connectivity index is 1.79. The van der Waals surface area contributed by atoms with E-state index >= 15 is 0 Å². The molecule has 2 rings (SSSR count). The number of hydrogen-bond donors (Lipinski definition) is 0. The van der Waals surface area contributed by atoms with E-state index in [0.717, 1.165) is 25.0 Å². The zero-order valence-corrected chi connectivity index (χ0v) is 16.4. The molecule has 0 aromatic rings. The molecular formula is C23H42O. The Hall–Kier alpha value is -0.300. The molecule has 0 N–H and O–H groups in total. The summed E-state index contributed by atoms with van der Waals surface area (Å²) in [6.07, 6.45) is 23.6. The largest absolute Gasteiger partial charge is 0.377 e. The van der Waals surface area contributed by atoms with Crippen molar-refractivity contribution in [1.29, 1.82) is 0 Å². The van der Waals surface area contributed by atoms with Crippen molar-refractivity contribution in [3.8, 4) is 0 Å². The summed E-state index contributed by atoms with van der Waals surface area (Å²) in [5.74, 6) is 2.08. The van der Waals surface area contributed by atoms with Crippen LogP contribution in [0.5, 0.6) is 0 Å². The number of ether oxygens (including phenoxy) is 1. The van der Waals surface area contributed by atoms with E-state index in [2.05, 4.69) is 13.5 Å². The van der Waals surface area contributed by atoms with Crippen LogP contribution in [0.25, 0.3) is 0 Å². The van der Waals surface area contributed by atoms with Crippen LogP contribution < -0.4 is 0 Å². The summed E-state index contributed by atoms with van der Waals surface area (Å²) in [7, 11) is 0. The van der Waals surface area contributed by atoms with Crippen LogP contribution in [-0.2, 0) is 4.74 Å². The molecule has 24 heavy (non-hydrogen) atoms. The van der Waals surface area contributed by atoms with Crippen LogP contribution >= 0.6 is 0 Å². The zero-order chi connectivity index (χ0) is 17.1. The van der Waals surface area contributed by atoms with Gasteiger partial charge in [0.25, 0.3) is 0 Å². The van der Waals surface area contributed by atoms with Gasteiger partial charge in [0, 0.05) is 0 Å². The molecule has 2 aliphatic rings. The summed E-state index contributed by atoms with van der Waals surface area (Å²) in [6.45, 7) is 7.82. The van der Waals surface area contributed by atoms with Gasteiger partial charge in [0.05, 0.1) is 13.2 Å². The van der Waals surface area contributed by atoms with Gasteiger partial charge in [-0.15, -0.1) is 6.58 Å². The molecule has 2 fully saturated rings. The van der Waals surface area contributed by atoms with Gasteiger partial charge in [0.15, 0.2) is 0 Å². The van der Waals surface area contributed by atoms with Gasteiger partial charge in [-0.1, -0.05) is 77.2 Å². The second-order valence-corrected chi connectivity index (χ2v) is 8.70. The van der Waals surface area contributed by atoms with E-state index in [0.29, 0.717) is 5.41 Å². The van der Waals surface area contributed by atoms with Crippen molar-refractivity contribution in [2.24, 2.45) is 17.3 Å². The van der Waals surface area contributed by atoms with Crippen LogP contribution in [0, 0.1) is 17.3 Å². The van der Waals surface area contributed by atoms with Crippen LogP contribution in [0.4, 0.5) is 0 Å². The number of unbranched alkanes of at least 4 members (excludes halogenated alkanes) is 4. The fourth-order valence-corrected chi connectivity index (χ4v) is 5.26. The molecule has 0 unspecified atom stereocenters. The predicted molar refractivity (Wildman–Crippen MR) is 105 cm³/mol. The van der Waals surface area contributed by atoms with Gasteiger partial charge in [0.2, 0.25) is 0 Å². The Morgan fingerprint density at radius 1 is 0.917 bits per heavy atom. The highest BCUT2D eigenvalue weighted by molar-refractivity contribution is 4.88. The molecule has 140 valence electrons. The summed E-state index contributed by atoms with van der Waals surface area (Å²) < 4.78 is 5.97. The lowest BCUT2D eigenvalue weighted by molar-refractivity contribution is 0.00340. The van der Waals surface area contributed by atoms with Crippen molar-refractivity contribution in [3.05, 3.63) is 12.7 Å². The molecule has 0 saturated heterocycles. The Bertz CT molecular complexity index is 321. The first kappa shape index (κ1) is 20.0. The highest BCUT2D eigenvalue weighted by atomic mass is 16.5. The van der Waals surface area contributed by atoms with Crippen LogP contribution in [0.3, 0.4) is 0 Å². The van der Waals surface area contributed by atoms with Crippen LogP contribution in [0.15, 0.2) is 12.7 Å². The van der Waals surface area contributed by atoms with Gasteiger partial charge in [-0.2, -0.15) is 0 Å². The van der Waals surface area contributed by atoms with Crippen molar-refractivity contribution in [1.82, 2.24) is 0 Å². The summed E-state index contributed by atoms with van der Waals surface area (Å²) in [5.41, 5.74) is 0.486. The summed E-state index contributed by atoms with van der Waals surface area (Å²) in [4.78, 5) is 0. The molecule has 2 aliphatic carbocycles. The normalized spacial score (nSPS) is 28.8. The number of rotatable bonds is 11. The minimum absolute atomic E-state index is 0.486. The number of hydrogen-bond acceptors (Lipinski definition) is 1. The Kier molecular flexibility index (Phi) is 9.46. The maximum Gasteiger partial charge on any atom is 0.0645 e. The topological polar surface area (TPSA) is 9.23 Å². The molecule has 0 aromatic carbocycles. The molecular weight excluding hydrogens is 292 g/mol. The molecule has 0 atom stereocenters. The van der Waals surface area contributed by atoms with E-state index < -0.39 is 0 Å². The summed E-state index contributed by atoms with van der Waals surface area (Å²) in [6, 6.07) is 0. The highest BCUT2D eigenvalue weighted by Gasteiger charge is 2.37. The molecule has 0 bridgehead atoms. The monoisotopic (exact) mass is 334 g/mol. The molecule has 0 amide bonds. The van der Waals surface area contributed by atoms with Crippen LogP contribution in [0.2, 0.25) is 0 Å². The van der Waals surface area contributed by atoms with Crippen molar-refractivity contribution >= 4 is 0 Å². The quantitative estimate of drug-likeness (QED) is 0.284. The lowest BCUT2D eigenvalue weighted by Gasteiger charge is -2.43. The Morgan fingerprint density at radius 2 is 1.58 bits per heavy atom. The minimum Gasteiger partial charge on any atom is -0.377 e. The van der Waals surface area contributed by atoms with Crippen LogP contribution in [0.1, 0.15) is 103 Å². The lowest BCUT2D eigenvalue weighted by Crippen LogP contribution is -2.34. The van der Waals surface area contributed by atoms with Crippen LogP contribution in [-0.4, -0.2) is 13.2 Å². The van der Waals surface area contributed by atoms with E-state index in [1.807, 2.05) is 6.08 Å². The fraction of sp³-hybridized carbons (Fsp3) is 0.913. The van der Waals surface area contributed by atoms with Crippen molar-refractivity contribution in [2.75, 3.05) is 13.2 Å². The average Bonchev–Trinajstić information content (AvgIpc) is 2.63. The molecule has 2 saturated carbocycles. The van der Waals surface area contributed by atoms with Gasteiger partial charge in [-0.05, 0) is 49.4 Å². The van der Waals surface area contributed by atoms with E-state index in [1.165, 1.54) is 96.3 Å². The highest BCUT2D eigenvalue weighted by Crippen LogP contribution is 2.47. The maximum absolute atomic E-state index is 5.97. The maximum atomic E-state index is 5.97. The third-order valence-electron chi connectivity index (χ3n) is 6.86. The summed E-state index contributed by atoms with van der Waals surface area (Å²) in [5, 5.41) is 0. The van der Waals surface area contributed by atoms with Crippen molar-refractivity contribution in [3.63, 3.8) is 0 Å². The molecule has 1 heteroatoms. The molecule has 0 heterocycles. The first-order valence-electron chi connectivity index (χ1n) is 11.0. The van der Waals surface area contributed by atoms with E-state index in [4.69, 9.17) is 4.74 Å². The van der Waals surface area contributed by atoms with E-state index in [9.17, 15) is 0 Å². The Labute approximate surface area is 151 Å². The first-order chi connectivity index (χ1) is 11.8. The van der Waals surface area contributed by atoms with Crippen molar-refractivity contribution in [2.45, 2.75) is 103 Å². The standard InChI is InChI=1S/C23H42O/c1-3-5-6-7-11-16-23(20-24-19-4-2)17-14-22(15-18-23)21-12-9-8-10-13-21/h4,21-22H,2-3,5-20H2,1H3/t22-,23+. The lowest BCUT2D eigenvalue weighted by atomic mass is 9.64. The first-order valence-corrected chi connectivity index (χ1v) is 11.0. The second-order valence-electron chi connectivity index (χ2n) is 8.70. The van der Waals surface area contributed by atoms with Gasteiger partial charge < -0.3 is 4.74 Å². The van der Waals surface area contributed by atoms with E-state index in [1.54, 1.807) is 0 Å². The third kappa shape index (κ3) is 6.54. The average molecular weight is 335 g/mol. The molecule has 0 spiro atoms.